The maximum absolute atomic E-state index is 5.41. The van der Waals surface area contributed by atoms with Crippen LogP contribution in [0.15, 0.2) is 16.7 Å². The predicted octanol–water partition coefficient (Wildman–Crippen LogP) is 1.91. The summed E-state index contributed by atoms with van der Waals surface area (Å²) in [6.07, 6.45) is 1.80. The molecule has 54 valence electrons. The zero-order valence-corrected chi connectivity index (χ0v) is 8.89. The van der Waals surface area contributed by atoms with Crippen molar-refractivity contribution in [2.45, 2.75) is 6.54 Å². The van der Waals surface area contributed by atoms with Gasteiger partial charge in [-0.2, -0.15) is 0 Å². The Morgan fingerprint density at radius 1 is 1.70 bits per heavy atom. The maximum atomic E-state index is 5.41. The highest BCUT2D eigenvalue weighted by Gasteiger charge is 1.97. The van der Waals surface area contributed by atoms with E-state index in [4.69, 9.17) is 5.73 Å². The zero-order valence-electron chi connectivity index (χ0n) is 5.14. The van der Waals surface area contributed by atoms with Gasteiger partial charge in [0, 0.05) is 20.8 Å². The van der Waals surface area contributed by atoms with E-state index in [-0.39, 0.29) is 0 Å². The van der Waals surface area contributed by atoms with E-state index in [9.17, 15) is 0 Å². The molecule has 0 radical (unpaired) electrons. The molecule has 0 fully saturated rings. The fourth-order valence-electron chi connectivity index (χ4n) is 0.593. The second-order valence-electron chi connectivity index (χ2n) is 1.79. The van der Waals surface area contributed by atoms with Gasteiger partial charge in [0.05, 0.1) is 5.69 Å². The average Bonchev–Trinajstić information content (AvgIpc) is 1.88. The summed E-state index contributed by atoms with van der Waals surface area (Å²) < 4.78 is 2.10. The molecule has 1 aromatic heterocycles. The van der Waals surface area contributed by atoms with Crippen LogP contribution in [0.2, 0.25) is 0 Å². The third kappa shape index (κ3) is 1.90. The molecule has 0 aromatic carbocycles. The van der Waals surface area contributed by atoms with E-state index in [2.05, 4.69) is 43.5 Å². The number of hydrogen-bond acceptors (Lipinski definition) is 2. The van der Waals surface area contributed by atoms with Gasteiger partial charge in [-0.25, -0.2) is 0 Å². The van der Waals surface area contributed by atoms with Crippen LogP contribution in [0.25, 0.3) is 0 Å². The number of nitrogens with two attached hydrogens (primary N) is 1. The van der Waals surface area contributed by atoms with E-state index < -0.39 is 0 Å². The van der Waals surface area contributed by atoms with Crippen LogP contribution in [-0.2, 0) is 6.54 Å². The lowest BCUT2D eigenvalue weighted by Crippen LogP contribution is -2.00. The Balaban J connectivity index is 3.07. The molecule has 0 spiro atoms. The molecule has 2 nitrogen and oxygen atoms in total. The van der Waals surface area contributed by atoms with Crippen molar-refractivity contribution in [2.75, 3.05) is 0 Å². The van der Waals surface area contributed by atoms with Crippen molar-refractivity contribution < 1.29 is 0 Å². The molecule has 1 heterocycles. The van der Waals surface area contributed by atoms with Crippen LogP contribution in [0.3, 0.4) is 0 Å². The fraction of sp³-hybridized carbons (Fsp3) is 0.167. The monoisotopic (exact) mass is 312 g/mol. The highest BCUT2D eigenvalue weighted by molar-refractivity contribution is 14.1. The van der Waals surface area contributed by atoms with Crippen molar-refractivity contribution in [3.05, 3.63) is 26.0 Å². The molecule has 4 heteroatoms. The van der Waals surface area contributed by atoms with Gasteiger partial charge in [0.25, 0.3) is 0 Å². The Bertz CT molecular complexity index is 239. The van der Waals surface area contributed by atoms with Crippen LogP contribution in [0.4, 0.5) is 0 Å². The summed E-state index contributed by atoms with van der Waals surface area (Å²) in [5, 5.41) is 0. The van der Waals surface area contributed by atoms with Gasteiger partial charge in [-0.05, 0) is 44.6 Å². The van der Waals surface area contributed by atoms with Crippen LogP contribution >= 0.6 is 38.5 Å². The lowest BCUT2D eigenvalue weighted by Gasteiger charge is -1.98. The lowest BCUT2D eigenvalue weighted by atomic mass is 10.4. The second-order valence-corrected chi connectivity index (χ2v) is 3.89. The Kier molecular flexibility index (Phi) is 3.06. The van der Waals surface area contributed by atoms with E-state index in [0.29, 0.717) is 6.54 Å². The first-order valence-electron chi connectivity index (χ1n) is 2.74. The molecule has 1 rings (SSSR count). The first-order chi connectivity index (χ1) is 4.74. The maximum Gasteiger partial charge on any atom is 0.0681 e. The summed E-state index contributed by atoms with van der Waals surface area (Å²) in [7, 11) is 0. The van der Waals surface area contributed by atoms with Gasteiger partial charge in [-0.3, -0.25) is 4.98 Å². The number of pyridine rings is 1. The molecule has 0 aliphatic heterocycles. The minimum absolute atomic E-state index is 0.484. The number of hydrogen-bond donors (Lipinski definition) is 1. The SMILES string of the molecule is NCc1ncc(I)cc1Br. The summed E-state index contributed by atoms with van der Waals surface area (Å²) >= 11 is 5.57. The molecule has 0 atom stereocenters. The van der Waals surface area contributed by atoms with Crippen LogP contribution in [0.5, 0.6) is 0 Å². The first kappa shape index (κ1) is 8.42. The van der Waals surface area contributed by atoms with Crippen molar-refractivity contribution in [1.82, 2.24) is 4.98 Å². The van der Waals surface area contributed by atoms with E-state index >= 15 is 0 Å². The third-order valence-electron chi connectivity index (χ3n) is 1.08. The van der Waals surface area contributed by atoms with E-state index in [1.165, 1.54) is 0 Å². The first-order valence-corrected chi connectivity index (χ1v) is 4.61. The molecule has 1 aromatic rings. The number of nitrogens with zero attached hydrogens (tertiary/aromatic N) is 1. The molecule has 0 saturated carbocycles. The summed E-state index contributed by atoms with van der Waals surface area (Å²) in [6, 6.07) is 2.00. The van der Waals surface area contributed by atoms with Gasteiger partial charge in [-0.15, -0.1) is 0 Å². The molecule has 0 aliphatic carbocycles. The standard InChI is InChI=1S/C6H6BrIN2/c7-5-1-4(8)3-10-6(5)2-9/h1,3H,2,9H2. The normalized spacial score (nSPS) is 9.90. The Hall–Kier alpha value is 0.320. The van der Waals surface area contributed by atoms with Gasteiger partial charge in [0.1, 0.15) is 0 Å². The zero-order chi connectivity index (χ0) is 7.56. The van der Waals surface area contributed by atoms with Gasteiger partial charge < -0.3 is 5.73 Å². The summed E-state index contributed by atoms with van der Waals surface area (Å²) in [5.41, 5.74) is 6.31. The number of halogens is 2. The lowest BCUT2D eigenvalue weighted by molar-refractivity contribution is 0.976. The van der Waals surface area contributed by atoms with Crippen molar-refractivity contribution >= 4 is 38.5 Å². The molecule has 0 amide bonds. The van der Waals surface area contributed by atoms with Crippen LogP contribution in [-0.4, -0.2) is 4.98 Å². The molecular weight excluding hydrogens is 307 g/mol. The minimum atomic E-state index is 0.484. The molecular formula is C6H6BrIN2. The summed E-state index contributed by atoms with van der Waals surface area (Å²) in [6.45, 7) is 0.484. The highest BCUT2D eigenvalue weighted by atomic mass is 127. The topological polar surface area (TPSA) is 38.9 Å². The van der Waals surface area contributed by atoms with Crippen molar-refractivity contribution in [1.29, 1.82) is 0 Å². The van der Waals surface area contributed by atoms with Gasteiger partial charge >= 0.3 is 0 Å². The smallest absolute Gasteiger partial charge is 0.0681 e. The predicted molar refractivity (Wildman–Crippen MR) is 52.5 cm³/mol. The fourth-order valence-corrected chi connectivity index (χ4v) is 1.98. The summed E-state index contributed by atoms with van der Waals surface area (Å²) in [4.78, 5) is 4.12. The van der Waals surface area contributed by atoms with Crippen molar-refractivity contribution in [3.8, 4) is 0 Å². The number of rotatable bonds is 1. The van der Waals surface area contributed by atoms with Gasteiger partial charge in [0.2, 0.25) is 0 Å². The molecule has 0 aliphatic rings. The van der Waals surface area contributed by atoms with Crippen LogP contribution in [0.1, 0.15) is 5.69 Å². The number of aromatic nitrogens is 1. The molecule has 0 saturated heterocycles. The summed E-state index contributed by atoms with van der Waals surface area (Å²) in [5.74, 6) is 0. The minimum Gasteiger partial charge on any atom is -0.325 e. The molecule has 0 bridgehead atoms. The molecule has 0 unspecified atom stereocenters. The van der Waals surface area contributed by atoms with Crippen molar-refractivity contribution in [3.63, 3.8) is 0 Å². The quantitative estimate of drug-likeness (QED) is 0.805. The Morgan fingerprint density at radius 2 is 2.40 bits per heavy atom. The molecule has 2 N–H and O–H groups in total. The molecule has 10 heavy (non-hydrogen) atoms. The Morgan fingerprint density at radius 3 is 2.90 bits per heavy atom. The largest absolute Gasteiger partial charge is 0.325 e. The van der Waals surface area contributed by atoms with Crippen molar-refractivity contribution in [2.24, 2.45) is 5.73 Å². The van der Waals surface area contributed by atoms with E-state index in [0.717, 1.165) is 13.7 Å². The van der Waals surface area contributed by atoms with Gasteiger partial charge in [-0.1, -0.05) is 0 Å². The average molecular weight is 313 g/mol. The van der Waals surface area contributed by atoms with E-state index in [1.807, 2.05) is 6.07 Å². The van der Waals surface area contributed by atoms with Crippen LogP contribution in [0, 0.1) is 3.57 Å². The second kappa shape index (κ2) is 3.64. The van der Waals surface area contributed by atoms with Crippen LogP contribution < -0.4 is 5.73 Å². The highest BCUT2D eigenvalue weighted by Crippen LogP contribution is 2.16. The Labute approximate surface area is 81.5 Å². The van der Waals surface area contributed by atoms with Gasteiger partial charge in [0.15, 0.2) is 0 Å². The third-order valence-corrected chi connectivity index (χ3v) is 2.35. The van der Waals surface area contributed by atoms with E-state index in [1.54, 1.807) is 6.20 Å².